The predicted molar refractivity (Wildman–Crippen MR) is 232 cm³/mol. The molecule has 0 unspecified atom stereocenters. The summed E-state index contributed by atoms with van der Waals surface area (Å²) in [5.41, 5.74) is 13.1. The number of benzene rings is 4. The fourth-order valence-electron chi connectivity index (χ4n) is 8.10. The molecular formula is C50H42N4O4. The molecule has 8 heteroatoms. The highest BCUT2D eigenvalue weighted by atomic mass is 16.5. The maximum absolute atomic E-state index is 5.74. The van der Waals surface area contributed by atoms with Gasteiger partial charge in [0.2, 0.25) is 0 Å². The second-order valence-corrected chi connectivity index (χ2v) is 14.2. The number of allylic oxidation sites excluding steroid dienone is 4. The normalized spacial score (nSPS) is 14.6. The lowest BCUT2D eigenvalue weighted by atomic mass is 9.95. The average Bonchev–Trinajstić information content (AvgIpc) is 4.08. The van der Waals surface area contributed by atoms with Crippen LogP contribution in [0.4, 0.5) is 0 Å². The van der Waals surface area contributed by atoms with Gasteiger partial charge in [0, 0.05) is 48.1 Å². The Balaban J connectivity index is 1.46. The number of aromatic nitrogens is 2. The first-order valence-electron chi connectivity index (χ1n) is 19.1. The van der Waals surface area contributed by atoms with Crippen molar-refractivity contribution in [1.29, 1.82) is 0 Å². The van der Waals surface area contributed by atoms with E-state index >= 15 is 0 Å². The smallest absolute Gasteiger partial charge is 0.119 e. The topological polar surface area (TPSA) is 71.5 Å². The predicted octanol–water partition coefficient (Wildman–Crippen LogP) is 8.05. The van der Waals surface area contributed by atoms with E-state index in [2.05, 4.69) is 120 Å². The molecule has 58 heavy (non-hydrogen) atoms. The summed E-state index contributed by atoms with van der Waals surface area (Å²) in [6.07, 6.45) is 10.6. The van der Waals surface area contributed by atoms with Crippen molar-refractivity contribution in [1.82, 2.24) is 9.13 Å². The number of nitrogens with zero attached hydrogens (tertiary/aromatic N) is 4. The van der Waals surface area contributed by atoms with Crippen molar-refractivity contribution in [2.75, 3.05) is 28.4 Å². The second kappa shape index (κ2) is 15.0. The standard InChI is InChI=1S/C50H42N4O4/c1-53-30-35-29-46(53)50(34-14-10-18-39(28-34)58-6)43-22-21-42(52-43)49(33-13-9-17-38(27-33)57-5)45-24-23-44(54(45)2)48(32-12-8-16-37(26-32)56-4)41-20-19-40(51-41)47(35)31-11-7-15-36(25-31)55-3/h7-30H,1-6H3. The molecule has 0 spiro atoms. The van der Waals surface area contributed by atoms with Crippen LogP contribution in [0.15, 0.2) is 167 Å². The molecule has 0 N–H and O–H groups in total. The third kappa shape index (κ3) is 6.38. The van der Waals surface area contributed by atoms with Crippen molar-refractivity contribution in [3.8, 4) is 23.0 Å². The number of ether oxygens (including phenoxy) is 4. The minimum atomic E-state index is 0.763. The lowest BCUT2D eigenvalue weighted by molar-refractivity contribution is 0.414. The highest BCUT2D eigenvalue weighted by Crippen LogP contribution is 2.39. The van der Waals surface area contributed by atoms with Gasteiger partial charge in [-0.1, -0.05) is 48.5 Å². The second-order valence-electron chi connectivity index (χ2n) is 14.2. The molecule has 0 atom stereocenters. The van der Waals surface area contributed by atoms with Crippen LogP contribution in [0.25, 0.3) is 22.3 Å². The van der Waals surface area contributed by atoms with Crippen LogP contribution in [-0.4, -0.2) is 49.0 Å². The zero-order valence-corrected chi connectivity index (χ0v) is 33.3. The first-order chi connectivity index (χ1) is 28.4. The van der Waals surface area contributed by atoms with Gasteiger partial charge in [-0.2, -0.15) is 0 Å². The lowest BCUT2D eigenvalue weighted by Crippen LogP contribution is -2.30. The van der Waals surface area contributed by atoms with E-state index in [1.165, 1.54) is 0 Å². The molecule has 8 bridgehead atoms. The van der Waals surface area contributed by atoms with E-state index in [1.54, 1.807) is 28.4 Å². The van der Waals surface area contributed by atoms with Crippen LogP contribution < -0.4 is 29.6 Å². The summed E-state index contributed by atoms with van der Waals surface area (Å²) in [4.78, 5) is 11.0. The quantitative estimate of drug-likeness (QED) is 0.158. The number of aliphatic imine (C=N–C) groups is 2. The minimum Gasteiger partial charge on any atom is -0.497 e. The van der Waals surface area contributed by atoms with Crippen LogP contribution in [0.3, 0.4) is 0 Å². The van der Waals surface area contributed by atoms with Gasteiger partial charge in [-0.05, 0) is 113 Å². The summed E-state index contributed by atoms with van der Waals surface area (Å²) < 4.78 is 27.4. The van der Waals surface area contributed by atoms with Crippen molar-refractivity contribution in [3.05, 3.63) is 201 Å². The lowest BCUT2D eigenvalue weighted by Gasteiger charge is -2.14. The fraction of sp³-hybridized carbons (Fsp3) is 0.120. The Hall–Kier alpha value is -7.32. The number of methoxy groups -OCH3 is 4. The van der Waals surface area contributed by atoms with Gasteiger partial charge in [0.05, 0.1) is 67.6 Å². The number of fused-ring (bicyclic) bond motifs is 6. The van der Waals surface area contributed by atoms with Crippen LogP contribution in [-0.2, 0) is 14.1 Å². The highest BCUT2D eigenvalue weighted by molar-refractivity contribution is 6.31. The largest absolute Gasteiger partial charge is 0.497 e. The Morgan fingerprint density at radius 3 is 1.24 bits per heavy atom. The van der Waals surface area contributed by atoms with Gasteiger partial charge in [0.1, 0.15) is 23.0 Å². The minimum absolute atomic E-state index is 0.763. The zero-order chi connectivity index (χ0) is 39.9. The molecule has 3 aliphatic heterocycles. The molecule has 5 heterocycles. The summed E-state index contributed by atoms with van der Waals surface area (Å²) in [5.74, 6) is 3.05. The van der Waals surface area contributed by atoms with Crippen LogP contribution in [0.1, 0.15) is 33.5 Å². The molecule has 0 radical (unpaired) electrons. The van der Waals surface area contributed by atoms with Crippen LogP contribution >= 0.6 is 0 Å². The first kappa shape index (κ1) is 36.3. The molecule has 0 aliphatic carbocycles. The van der Waals surface area contributed by atoms with Gasteiger partial charge in [-0.15, -0.1) is 0 Å². The zero-order valence-electron chi connectivity index (χ0n) is 33.3. The molecule has 286 valence electrons. The summed E-state index contributed by atoms with van der Waals surface area (Å²) >= 11 is 0. The van der Waals surface area contributed by atoms with E-state index in [-0.39, 0.29) is 0 Å². The number of hydrogen-bond donors (Lipinski definition) is 0. The van der Waals surface area contributed by atoms with Gasteiger partial charge in [0.15, 0.2) is 0 Å². The van der Waals surface area contributed by atoms with E-state index < -0.39 is 0 Å². The van der Waals surface area contributed by atoms with E-state index in [9.17, 15) is 0 Å². The third-order valence-electron chi connectivity index (χ3n) is 10.9. The molecule has 8 nitrogen and oxygen atoms in total. The van der Waals surface area contributed by atoms with Crippen molar-refractivity contribution in [2.24, 2.45) is 24.1 Å². The molecule has 6 aromatic rings. The Kier molecular flexibility index (Phi) is 9.38. The van der Waals surface area contributed by atoms with E-state index in [0.717, 1.165) is 112 Å². The van der Waals surface area contributed by atoms with Gasteiger partial charge < -0.3 is 28.1 Å². The van der Waals surface area contributed by atoms with E-state index in [1.807, 2.05) is 48.5 Å². The molecule has 0 saturated carbocycles. The van der Waals surface area contributed by atoms with Gasteiger partial charge in [-0.3, -0.25) is 0 Å². The van der Waals surface area contributed by atoms with Gasteiger partial charge in [-0.25, -0.2) is 9.98 Å². The van der Waals surface area contributed by atoms with Gasteiger partial charge >= 0.3 is 0 Å². The molecule has 0 amide bonds. The Bertz CT molecular complexity index is 2970. The summed E-state index contributed by atoms with van der Waals surface area (Å²) in [6.45, 7) is 0. The van der Waals surface area contributed by atoms with Crippen molar-refractivity contribution >= 4 is 33.7 Å². The molecule has 0 fully saturated rings. The monoisotopic (exact) mass is 762 g/mol. The fourth-order valence-corrected chi connectivity index (χ4v) is 8.10. The van der Waals surface area contributed by atoms with Crippen LogP contribution in [0.5, 0.6) is 23.0 Å². The number of hydrogen-bond acceptors (Lipinski definition) is 6. The molecule has 2 aromatic heterocycles. The SMILES string of the molecule is COc1cccc(C2=C3C=CC(=N3)C(c3cccc(OC)c3)=c3ccc(n3C)=C(c3cccc(OC)c3)C3=NC(=C(c4cccc(OC)c4)c4cc2cn4C)C=C3)c1. The Morgan fingerprint density at radius 2 is 0.810 bits per heavy atom. The van der Waals surface area contributed by atoms with Crippen molar-refractivity contribution in [3.63, 3.8) is 0 Å². The Morgan fingerprint density at radius 1 is 0.414 bits per heavy atom. The number of aryl methyl sites for hydroxylation is 1. The molecular weight excluding hydrogens is 721 g/mol. The number of rotatable bonds is 8. The van der Waals surface area contributed by atoms with Crippen molar-refractivity contribution < 1.29 is 18.9 Å². The summed E-state index contributed by atoms with van der Waals surface area (Å²) in [7, 11) is 11.0. The van der Waals surface area contributed by atoms with E-state index in [0.29, 0.717) is 0 Å². The molecule has 4 aromatic carbocycles. The first-order valence-corrected chi connectivity index (χ1v) is 19.1. The Labute approximate surface area is 337 Å². The maximum atomic E-state index is 5.74. The maximum Gasteiger partial charge on any atom is 0.119 e. The summed E-state index contributed by atoms with van der Waals surface area (Å²) in [5, 5.41) is 1.97. The van der Waals surface area contributed by atoms with Crippen molar-refractivity contribution in [2.45, 2.75) is 0 Å². The van der Waals surface area contributed by atoms with Crippen LogP contribution in [0.2, 0.25) is 0 Å². The van der Waals surface area contributed by atoms with Crippen LogP contribution in [0, 0.1) is 0 Å². The van der Waals surface area contributed by atoms with Gasteiger partial charge in [0.25, 0.3) is 0 Å². The van der Waals surface area contributed by atoms with E-state index in [4.69, 9.17) is 28.9 Å². The molecule has 3 aliphatic rings. The molecule has 9 rings (SSSR count). The third-order valence-corrected chi connectivity index (χ3v) is 10.9. The summed E-state index contributed by atoms with van der Waals surface area (Å²) in [6, 6.07) is 39.2. The highest BCUT2D eigenvalue weighted by Gasteiger charge is 2.25. The average molecular weight is 763 g/mol. The molecule has 0 saturated heterocycles.